The standard InChI is InChI=1S/C61H105NO3Si2/c1-13-15-17-19-21-23-25-38-48-57(64-66(9,10)59(3,4)5)52-62(53-58(65-67(11,12)60(6,7)8)49-39-26-24-22-20-18-16-14-2)50-40-27-28-41-51-63-61(54-42-32-29-33-43-54,55-44-34-30-35-45-55)56-46-36-31-37-47-56/h29-37,42-47,57-58H,13-28,38-41,48-53H2,1-12H3. The summed E-state index contributed by atoms with van der Waals surface area (Å²) in [6.45, 7) is 32.7. The maximum Gasteiger partial charge on any atom is 0.192 e. The Morgan fingerprint density at radius 2 is 0.731 bits per heavy atom. The van der Waals surface area contributed by atoms with Crippen molar-refractivity contribution in [2.75, 3.05) is 26.2 Å². The molecule has 0 fully saturated rings. The Morgan fingerprint density at radius 1 is 0.418 bits per heavy atom. The largest absolute Gasteiger partial charge is 0.413 e. The van der Waals surface area contributed by atoms with Gasteiger partial charge in [0.2, 0.25) is 0 Å². The predicted octanol–water partition coefficient (Wildman–Crippen LogP) is 18.7. The van der Waals surface area contributed by atoms with Crippen molar-refractivity contribution in [3.8, 4) is 0 Å². The number of nitrogens with zero attached hydrogens (tertiary/aromatic N) is 1. The van der Waals surface area contributed by atoms with Gasteiger partial charge in [-0.05, 0) is 85.2 Å². The molecule has 3 rings (SSSR count). The van der Waals surface area contributed by atoms with E-state index in [1.807, 2.05) is 0 Å². The molecule has 6 heteroatoms. The summed E-state index contributed by atoms with van der Waals surface area (Å²) in [4.78, 5) is 2.81. The molecule has 0 bridgehead atoms. The van der Waals surface area contributed by atoms with Crippen molar-refractivity contribution in [2.24, 2.45) is 0 Å². The molecule has 2 atom stereocenters. The summed E-state index contributed by atoms with van der Waals surface area (Å²) in [6.07, 6.45) is 29.0. The molecule has 0 saturated heterocycles. The number of hydrogen-bond acceptors (Lipinski definition) is 4. The SMILES string of the molecule is CCCCCCCCCCC(CN(CCCCCCOC(c1ccccc1)(c1ccccc1)c1ccccc1)CC(CCCCCCCCCC)O[Si](C)(C)C(C)(C)C)O[Si](C)(C)C(C)(C)C. The lowest BCUT2D eigenvalue weighted by atomic mass is 9.80. The summed E-state index contributed by atoms with van der Waals surface area (Å²) in [5.74, 6) is 0. The Kier molecular flexibility index (Phi) is 27.7. The van der Waals surface area contributed by atoms with Gasteiger partial charge in [-0.25, -0.2) is 0 Å². The van der Waals surface area contributed by atoms with Crippen molar-refractivity contribution >= 4 is 16.6 Å². The minimum Gasteiger partial charge on any atom is -0.413 e. The monoisotopic (exact) mass is 956 g/mol. The van der Waals surface area contributed by atoms with E-state index in [9.17, 15) is 0 Å². The topological polar surface area (TPSA) is 30.9 Å². The fourth-order valence-corrected chi connectivity index (χ4v) is 12.0. The van der Waals surface area contributed by atoms with Gasteiger partial charge in [-0.3, -0.25) is 4.90 Å². The molecule has 0 aliphatic heterocycles. The van der Waals surface area contributed by atoms with Crippen LogP contribution in [0.1, 0.15) is 213 Å². The summed E-state index contributed by atoms with van der Waals surface area (Å²) < 4.78 is 22.1. The second-order valence-electron chi connectivity index (χ2n) is 23.3. The van der Waals surface area contributed by atoms with Gasteiger partial charge >= 0.3 is 0 Å². The van der Waals surface area contributed by atoms with Crippen LogP contribution in [0, 0.1) is 0 Å². The maximum absolute atomic E-state index is 7.43. The van der Waals surface area contributed by atoms with Crippen LogP contribution in [-0.2, 0) is 19.2 Å². The van der Waals surface area contributed by atoms with Gasteiger partial charge in [0.25, 0.3) is 0 Å². The van der Waals surface area contributed by atoms with E-state index in [2.05, 4.69) is 177 Å². The normalized spacial score (nSPS) is 13.9. The highest BCUT2D eigenvalue weighted by Gasteiger charge is 2.41. The zero-order valence-electron chi connectivity index (χ0n) is 45.9. The molecule has 0 spiro atoms. The molecule has 4 nitrogen and oxygen atoms in total. The molecule has 67 heavy (non-hydrogen) atoms. The summed E-state index contributed by atoms with van der Waals surface area (Å²) in [6, 6.07) is 32.5. The van der Waals surface area contributed by atoms with Gasteiger partial charge in [0.1, 0.15) is 5.60 Å². The molecule has 3 aromatic rings. The van der Waals surface area contributed by atoms with Crippen molar-refractivity contribution < 1.29 is 13.6 Å². The van der Waals surface area contributed by atoms with E-state index >= 15 is 0 Å². The van der Waals surface area contributed by atoms with Crippen LogP contribution in [0.2, 0.25) is 36.3 Å². The minimum absolute atomic E-state index is 0.182. The Balaban J connectivity index is 1.80. The first-order valence-electron chi connectivity index (χ1n) is 27.9. The fourth-order valence-electron chi connectivity index (χ4n) is 9.19. The van der Waals surface area contributed by atoms with Gasteiger partial charge in [-0.1, -0.05) is 262 Å². The minimum atomic E-state index is -1.98. The van der Waals surface area contributed by atoms with Crippen LogP contribution in [0.15, 0.2) is 91.0 Å². The third kappa shape index (κ3) is 21.4. The molecular weight excluding hydrogens is 851 g/mol. The van der Waals surface area contributed by atoms with E-state index in [-0.39, 0.29) is 22.3 Å². The summed E-state index contributed by atoms with van der Waals surface area (Å²) >= 11 is 0. The first-order valence-corrected chi connectivity index (χ1v) is 33.7. The zero-order valence-corrected chi connectivity index (χ0v) is 47.9. The van der Waals surface area contributed by atoms with Gasteiger partial charge in [-0.15, -0.1) is 0 Å². The van der Waals surface area contributed by atoms with E-state index in [0.29, 0.717) is 6.61 Å². The molecule has 2 unspecified atom stereocenters. The molecule has 0 N–H and O–H groups in total. The molecule has 0 amide bonds. The molecule has 0 aliphatic rings. The van der Waals surface area contributed by atoms with Crippen molar-refractivity contribution in [1.82, 2.24) is 4.90 Å². The van der Waals surface area contributed by atoms with E-state index in [1.165, 1.54) is 132 Å². The lowest BCUT2D eigenvalue weighted by Crippen LogP contribution is -2.50. The van der Waals surface area contributed by atoms with Gasteiger partial charge in [-0.2, -0.15) is 0 Å². The van der Waals surface area contributed by atoms with Crippen molar-refractivity contribution in [1.29, 1.82) is 0 Å². The highest BCUT2D eigenvalue weighted by Crippen LogP contribution is 2.42. The molecular formula is C61H105NO3Si2. The Morgan fingerprint density at radius 3 is 1.07 bits per heavy atom. The second-order valence-corrected chi connectivity index (χ2v) is 32.8. The third-order valence-electron chi connectivity index (χ3n) is 15.4. The molecule has 0 radical (unpaired) electrons. The smallest absolute Gasteiger partial charge is 0.192 e. The first-order chi connectivity index (χ1) is 32.0. The third-order valence-corrected chi connectivity index (χ3v) is 24.5. The molecule has 380 valence electrons. The van der Waals surface area contributed by atoms with Crippen molar-refractivity contribution in [2.45, 2.75) is 251 Å². The summed E-state index contributed by atoms with van der Waals surface area (Å²) in [5, 5.41) is 0.363. The highest BCUT2D eigenvalue weighted by molar-refractivity contribution is 6.74. The van der Waals surface area contributed by atoms with Gasteiger partial charge in [0.15, 0.2) is 16.6 Å². The molecule has 0 saturated carbocycles. The van der Waals surface area contributed by atoms with E-state index in [1.54, 1.807) is 0 Å². The average Bonchev–Trinajstić information content (AvgIpc) is 3.29. The van der Waals surface area contributed by atoms with Crippen LogP contribution in [0.25, 0.3) is 0 Å². The van der Waals surface area contributed by atoms with Crippen molar-refractivity contribution in [3.05, 3.63) is 108 Å². The quantitative estimate of drug-likeness (QED) is 0.0327. The fraction of sp³-hybridized carbons (Fsp3) is 0.705. The van der Waals surface area contributed by atoms with Crippen LogP contribution in [-0.4, -0.2) is 60.0 Å². The van der Waals surface area contributed by atoms with Crippen LogP contribution in [0.3, 0.4) is 0 Å². The number of benzene rings is 3. The van der Waals surface area contributed by atoms with Crippen LogP contribution >= 0.6 is 0 Å². The van der Waals surface area contributed by atoms with Gasteiger partial charge in [0, 0.05) is 19.7 Å². The molecule has 0 aliphatic carbocycles. The number of rotatable bonds is 37. The average molecular weight is 957 g/mol. The first kappa shape index (κ1) is 59.2. The van der Waals surface area contributed by atoms with E-state index in [0.717, 1.165) is 45.3 Å². The lowest BCUT2D eigenvalue weighted by Gasteiger charge is -2.42. The Labute approximate surface area is 417 Å². The van der Waals surface area contributed by atoms with Crippen LogP contribution < -0.4 is 0 Å². The van der Waals surface area contributed by atoms with Crippen molar-refractivity contribution in [3.63, 3.8) is 0 Å². The number of unbranched alkanes of at least 4 members (excludes halogenated alkanes) is 17. The molecule has 3 aromatic carbocycles. The van der Waals surface area contributed by atoms with E-state index < -0.39 is 22.2 Å². The number of hydrogen-bond donors (Lipinski definition) is 0. The second kappa shape index (κ2) is 31.3. The van der Waals surface area contributed by atoms with E-state index in [4.69, 9.17) is 13.6 Å². The molecule has 0 heterocycles. The van der Waals surface area contributed by atoms with Gasteiger partial charge < -0.3 is 13.6 Å². The number of ether oxygens (including phenoxy) is 1. The predicted molar refractivity (Wildman–Crippen MR) is 299 cm³/mol. The van der Waals surface area contributed by atoms with Crippen LogP contribution in [0.4, 0.5) is 0 Å². The Hall–Kier alpha value is -2.07. The molecule has 0 aromatic heterocycles. The Bertz CT molecular complexity index is 1500. The summed E-state index contributed by atoms with van der Waals surface area (Å²) in [7, 11) is -3.96. The summed E-state index contributed by atoms with van der Waals surface area (Å²) in [5.41, 5.74) is 2.85. The van der Waals surface area contributed by atoms with Gasteiger partial charge in [0.05, 0.1) is 12.2 Å². The lowest BCUT2D eigenvalue weighted by molar-refractivity contribution is 0.0105. The highest BCUT2D eigenvalue weighted by atomic mass is 28.4. The van der Waals surface area contributed by atoms with Crippen LogP contribution in [0.5, 0.6) is 0 Å². The maximum atomic E-state index is 7.43. The zero-order chi connectivity index (χ0) is 49.1.